The van der Waals surface area contributed by atoms with E-state index < -0.39 is 10.0 Å². The minimum atomic E-state index is -3.71. The molecule has 1 saturated carbocycles. The lowest BCUT2D eigenvalue weighted by molar-refractivity contribution is 0.547. The van der Waals surface area contributed by atoms with Crippen molar-refractivity contribution >= 4 is 10.0 Å². The van der Waals surface area contributed by atoms with Gasteiger partial charge in [0, 0.05) is 30.5 Å². The van der Waals surface area contributed by atoms with Gasteiger partial charge in [-0.1, -0.05) is 0 Å². The average molecular weight is 403 g/mol. The first-order valence-electron chi connectivity index (χ1n) is 8.81. The average Bonchev–Trinajstić information content (AvgIpc) is 3.47. The number of rotatable bonds is 7. The number of sulfonamides is 1. The van der Waals surface area contributed by atoms with Crippen LogP contribution in [0.25, 0.3) is 11.4 Å². The van der Waals surface area contributed by atoms with Gasteiger partial charge in [0.15, 0.2) is 5.82 Å². The van der Waals surface area contributed by atoms with E-state index in [9.17, 15) is 17.6 Å². The van der Waals surface area contributed by atoms with Crippen LogP contribution in [0.5, 0.6) is 0 Å². The Balaban J connectivity index is 1.55. The van der Waals surface area contributed by atoms with E-state index in [4.69, 9.17) is 0 Å². The van der Waals surface area contributed by atoms with E-state index in [0.717, 1.165) is 12.8 Å². The summed E-state index contributed by atoms with van der Waals surface area (Å²) < 4.78 is 43.0. The summed E-state index contributed by atoms with van der Waals surface area (Å²) in [7, 11) is -3.71. The van der Waals surface area contributed by atoms with Crippen molar-refractivity contribution in [2.75, 3.05) is 6.54 Å². The molecule has 0 radical (unpaired) electrons. The lowest BCUT2D eigenvalue weighted by Gasteiger charge is -2.05. The predicted octanol–water partition coefficient (Wildman–Crippen LogP) is 1.56. The van der Waals surface area contributed by atoms with Crippen molar-refractivity contribution in [2.24, 2.45) is 0 Å². The Morgan fingerprint density at radius 2 is 1.93 bits per heavy atom. The van der Waals surface area contributed by atoms with Crippen LogP contribution in [-0.2, 0) is 16.6 Å². The highest BCUT2D eigenvalue weighted by Crippen LogP contribution is 2.36. The molecule has 3 aromatic rings. The molecule has 0 unspecified atom stereocenters. The summed E-state index contributed by atoms with van der Waals surface area (Å²) in [5.74, 6) is 0.0935. The number of nitrogens with one attached hydrogen (secondary N) is 1. The van der Waals surface area contributed by atoms with Crippen LogP contribution in [0.15, 0.2) is 58.5 Å². The van der Waals surface area contributed by atoms with E-state index in [0.29, 0.717) is 11.4 Å². The van der Waals surface area contributed by atoms with Gasteiger partial charge in [-0.25, -0.2) is 27.0 Å². The second kappa shape index (κ2) is 7.28. The standard InChI is InChI=1S/C18H18FN5O3S/c19-14-5-3-13(4-6-14)17-22-23(18(25)24(17)15-7-8-15)11-10-21-28(26,27)16-2-1-9-20-12-16/h1-6,9,12,15,21H,7-8,10-11H2. The molecule has 0 bridgehead atoms. The summed E-state index contributed by atoms with van der Waals surface area (Å²) in [5, 5.41) is 4.36. The Labute approximate surface area is 160 Å². The van der Waals surface area contributed by atoms with E-state index in [1.807, 2.05) is 0 Å². The van der Waals surface area contributed by atoms with Crippen molar-refractivity contribution < 1.29 is 12.8 Å². The molecule has 1 fully saturated rings. The van der Waals surface area contributed by atoms with Crippen LogP contribution >= 0.6 is 0 Å². The van der Waals surface area contributed by atoms with Gasteiger partial charge in [-0.2, -0.15) is 0 Å². The minimum absolute atomic E-state index is 0.00166. The number of aromatic nitrogens is 4. The van der Waals surface area contributed by atoms with Gasteiger partial charge >= 0.3 is 5.69 Å². The molecule has 1 aliphatic carbocycles. The van der Waals surface area contributed by atoms with Crippen LogP contribution in [0.3, 0.4) is 0 Å². The van der Waals surface area contributed by atoms with E-state index in [1.54, 1.807) is 16.7 Å². The summed E-state index contributed by atoms with van der Waals surface area (Å²) in [5.41, 5.74) is 0.336. The molecule has 0 aliphatic heterocycles. The first kappa shape index (κ1) is 18.5. The molecule has 0 atom stereocenters. The maximum absolute atomic E-state index is 13.2. The molecule has 0 amide bonds. The van der Waals surface area contributed by atoms with Crippen molar-refractivity contribution in [2.45, 2.75) is 30.3 Å². The number of hydrogen-bond acceptors (Lipinski definition) is 5. The van der Waals surface area contributed by atoms with Crippen molar-refractivity contribution in [3.05, 3.63) is 65.1 Å². The topological polar surface area (TPSA) is 98.9 Å². The fourth-order valence-electron chi connectivity index (χ4n) is 2.90. The Bertz CT molecular complexity index is 1140. The summed E-state index contributed by atoms with van der Waals surface area (Å²) >= 11 is 0. The lowest BCUT2D eigenvalue weighted by atomic mass is 10.2. The zero-order valence-corrected chi connectivity index (χ0v) is 15.6. The van der Waals surface area contributed by atoms with E-state index >= 15 is 0 Å². The Morgan fingerprint density at radius 3 is 2.57 bits per heavy atom. The van der Waals surface area contributed by atoms with Crippen LogP contribution in [0.1, 0.15) is 18.9 Å². The molecule has 1 aliphatic rings. The third kappa shape index (κ3) is 3.73. The molecule has 0 spiro atoms. The van der Waals surface area contributed by atoms with Crippen LogP contribution in [0.4, 0.5) is 4.39 Å². The molecule has 2 aromatic heterocycles. The minimum Gasteiger partial charge on any atom is -0.272 e. The highest BCUT2D eigenvalue weighted by molar-refractivity contribution is 7.89. The van der Waals surface area contributed by atoms with Gasteiger partial charge in [0.25, 0.3) is 0 Å². The third-order valence-corrected chi connectivity index (χ3v) is 5.89. The molecular weight excluding hydrogens is 385 g/mol. The summed E-state index contributed by atoms with van der Waals surface area (Å²) in [6.45, 7) is 0.0773. The van der Waals surface area contributed by atoms with Gasteiger partial charge in [-0.05, 0) is 49.2 Å². The molecule has 1 N–H and O–H groups in total. The summed E-state index contributed by atoms with van der Waals surface area (Å²) in [6, 6.07) is 8.84. The number of hydrogen-bond donors (Lipinski definition) is 1. The van der Waals surface area contributed by atoms with Crippen LogP contribution in [-0.4, -0.2) is 34.3 Å². The SMILES string of the molecule is O=c1n(CCNS(=O)(=O)c2cccnc2)nc(-c2ccc(F)cc2)n1C1CC1. The first-order chi connectivity index (χ1) is 13.5. The first-order valence-corrected chi connectivity index (χ1v) is 10.3. The molecular formula is C18H18FN5O3S. The van der Waals surface area contributed by atoms with Crippen molar-refractivity contribution in [1.29, 1.82) is 0 Å². The van der Waals surface area contributed by atoms with E-state index in [2.05, 4.69) is 14.8 Å². The zero-order valence-electron chi connectivity index (χ0n) is 14.8. The van der Waals surface area contributed by atoms with Crippen molar-refractivity contribution in [1.82, 2.24) is 24.1 Å². The van der Waals surface area contributed by atoms with E-state index in [1.165, 1.54) is 41.3 Å². The van der Waals surface area contributed by atoms with Gasteiger partial charge in [0.1, 0.15) is 10.7 Å². The van der Waals surface area contributed by atoms with Gasteiger partial charge < -0.3 is 0 Å². The number of benzene rings is 1. The lowest BCUT2D eigenvalue weighted by Crippen LogP contribution is -2.32. The van der Waals surface area contributed by atoms with Gasteiger partial charge in [-0.15, -0.1) is 5.10 Å². The monoisotopic (exact) mass is 403 g/mol. The Morgan fingerprint density at radius 1 is 1.18 bits per heavy atom. The molecule has 10 heteroatoms. The zero-order chi connectivity index (χ0) is 19.7. The molecule has 8 nitrogen and oxygen atoms in total. The quantitative estimate of drug-likeness (QED) is 0.646. The smallest absolute Gasteiger partial charge is 0.272 e. The Kier molecular flexibility index (Phi) is 4.82. The normalized spacial score (nSPS) is 14.3. The van der Waals surface area contributed by atoms with Gasteiger partial charge in [0.05, 0.1) is 6.54 Å². The maximum atomic E-state index is 13.2. The highest BCUT2D eigenvalue weighted by atomic mass is 32.2. The van der Waals surface area contributed by atoms with Crippen LogP contribution in [0, 0.1) is 5.82 Å². The second-order valence-electron chi connectivity index (χ2n) is 6.52. The van der Waals surface area contributed by atoms with E-state index in [-0.39, 0.29) is 35.5 Å². The largest absolute Gasteiger partial charge is 0.346 e. The molecule has 2 heterocycles. The number of pyridine rings is 1. The number of halogens is 1. The Hall–Kier alpha value is -2.85. The molecule has 28 heavy (non-hydrogen) atoms. The fourth-order valence-corrected chi connectivity index (χ4v) is 3.88. The van der Waals surface area contributed by atoms with Gasteiger partial charge in [-0.3, -0.25) is 9.55 Å². The highest BCUT2D eigenvalue weighted by Gasteiger charge is 2.30. The van der Waals surface area contributed by atoms with Gasteiger partial charge in [0.2, 0.25) is 10.0 Å². The van der Waals surface area contributed by atoms with Crippen LogP contribution in [0.2, 0.25) is 0 Å². The molecule has 4 rings (SSSR count). The van der Waals surface area contributed by atoms with Crippen LogP contribution < -0.4 is 10.4 Å². The maximum Gasteiger partial charge on any atom is 0.346 e. The summed E-state index contributed by atoms with van der Waals surface area (Å²) in [6.07, 6.45) is 4.50. The predicted molar refractivity (Wildman–Crippen MR) is 99.6 cm³/mol. The molecule has 146 valence electrons. The fraction of sp³-hybridized carbons (Fsp3) is 0.278. The van der Waals surface area contributed by atoms with Crippen molar-refractivity contribution in [3.63, 3.8) is 0 Å². The van der Waals surface area contributed by atoms with Crippen molar-refractivity contribution in [3.8, 4) is 11.4 Å². The second-order valence-corrected chi connectivity index (χ2v) is 8.29. The molecule has 1 aromatic carbocycles. The number of nitrogens with zero attached hydrogens (tertiary/aromatic N) is 4. The third-order valence-electron chi connectivity index (χ3n) is 4.45. The summed E-state index contributed by atoms with van der Waals surface area (Å²) in [4.78, 5) is 16.6. The molecule has 0 saturated heterocycles.